The maximum atomic E-state index is 10.3. The number of hydrogen-bond donors (Lipinski definition) is 2. The molecule has 0 aromatic heterocycles. The average Bonchev–Trinajstić information content (AvgIpc) is 2.44. The summed E-state index contributed by atoms with van der Waals surface area (Å²) in [6.45, 7) is 0. The number of aromatic hydroxyl groups is 1. The van der Waals surface area contributed by atoms with Crippen molar-refractivity contribution in [1.82, 2.24) is 0 Å². The number of benzene rings is 3. The van der Waals surface area contributed by atoms with Crippen molar-refractivity contribution < 1.29 is 5.11 Å². The number of halogens is 1. The maximum Gasteiger partial charge on any atom is 0.138 e. The van der Waals surface area contributed by atoms with Crippen LogP contribution in [0.4, 0.5) is 5.69 Å². The Hall–Kier alpha value is -1.75. The van der Waals surface area contributed by atoms with Gasteiger partial charge < -0.3 is 10.8 Å². The zero-order valence-corrected chi connectivity index (χ0v) is 12.3. The largest absolute Gasteiger partial charge is 0.506 e. The van der Waals surface area contributed by atoms with Gasteiger partial charge in [0.15, 0.2) is 0 Å². The smallest absolute Gasteiger partial charge is 0.138 e. The number of hydrogen-bond acceptors (Lipinski definition) is 2. The molecular formula is C16H12INO. The van der Waals surface area contributed by atoms with Gasteiger partial charge in [-0.3, -0.25) is 0 Å². The summed E-state index contributed by atoms with van der Waals surface area (Å²) in [7, 11) is 0. The molecule has 3 aromatic rings. The van der Waals surface area contributed by atoms with E-state index in [9.17, 15) is 5.11 Å². The van der Waals surface area contributed by atoms with Crippen molar-refractivity contribution in [3.63, 3.8) is 0 Å². The number of fused-ring (bicyclic) bond motifs is 1. The summed E-state index contributed by atoms with van der Waals surface area (Å²) >= 11 is 2.11. The predicted molar refractivity (Wildman–Crippen MR) is 88.2 cm³/mol. The topological polar surface area (TPSA) is 46.2 Å². The van der Waals surface area contributed by atoms with Gasteiger partial charge >= 0.3 is 0 Å². The van der Waals surface area contributed by atoms with E-state index < -0.39 is 0 Å². The molecule has 3 rings (SSSR count). The highest BCUT2D eigenvalue weighted by Gasteiger charge is 2.13. The Bertz CT molecular complexity index is 763. The van der Waals surface area contributed by atoms with Crippen molar-refractivity contribution in [2.75, 3.05) is 5.73 Å². The molecule has 0 aliphatic heterocycles. The molecule has 0 heterocycles. The number of nitrogen functional groups attached to an aromatic ring is 1. The molecule has 0 bridgehead atoms. The first-order valence-electron chi connectivity index (χ1n) is 5.93. The fourth-order valence-corrected chi connectivity index (χ4v) is 2.76. The molecule has 0 spiro atoms. The fourth-order valence-electron chi connectivity index (χ4n) is 2.31. The molecule has 0 radical (unpaired) electrons. The number of rotatable bonds is 1. The lowest BCUT2D eigenvalue weighted by Gasteiger charge is -2.12. The molecule has 0 saturated carbocycles. The second kappa shape index (κ2) is 4.74. The van der Waals surface area contributed by atoms with E-state index in [-0.39, 0.29) is 5.75 Å². The van der Waals surface area contributed by atoms with Crippen LogP contribution in [0, 0.1) is 3.57 Å². The standard InChI is InChI=1S/C16H12INO/c17-13-8-9-14(18)15(16(13)19)12-7-3-5-10-4-1-2-6-11(10)12/h1-9,19H,18H2. The Labute approximate surface area is 125 Å². The normalized spacial score (nSPS) is 10.8. The van der Waals surface area contributed by atoms with E-state index in [1.807, 2.05) is 42.5 Å². The predicted octanol–water partition coefficient (Wildman–Crippen LogP) is 4.40. The molecule has 94 valence electrons. The molecular weight excluding hydrogens is 349 g/mol. The lowest BCUT2D eigenvalue weighted by molar-refractivity contribution is 0.474. The molecule has 0 aliphatic rings. The van der Waals surface area contributed by atoms with Gasteiger partial charge in [0.1, 0.15) is 5.75 Å². The number of anilines is 1. The quantitative estimate of drug-likeness (QED) is 0.499. The molecule has 0 aliphatic carbocycles. The maximum absolute atomic E-state index is 10.3. The summed E-state index contributed by atoms with van der Waals surface area (Å²) < 4.78 is 0.801. The van der Waals surface area contributed by atoms with Gasteiger partial charge in [-0.25, -0.2) is 0 Å². The van der Waals surface area contributed by atoms with Crippen molar-refractivity contribution in [3.05, 3.63) is 58.2 Å². The van der Waals surface area contributed by atoms with Gasteiger partial charge in [-0.15, -0.1) is 0 Å². The van der Waals surface area contributed by atoms with Crippen LogP contribution in [0.15, 0.2) is 54.6 Å². The molecule has 0 saturated heterocycles. The Kier molecular flexibility index (Phi) is 3.06. The molecule has 0 atom stereocenters. The zero-order chi connectivity index (χ0) is 13.4. The first-order valence-corrected chi connectivity index (χ1v) is 7.01. The third kappa shape index (κ3) is 2.04. The van der Waals surface area contributed by atoms with Crippen LogP contribution in [-0.4, -0.2) is 5.11 Å². The van der Waals surface area contributed by atoms with Gasteiger partial charge in [-0.2, -0.15) is 0 Å². The van der Waals surface area contributed by atoms with Crippen molar-refractivity contribution in [1.29, 1.82) is 0 Å². The van der Waals surface area contributed by atoms with E-state index in [0.717, 1.165) is 19.9 Å². The minimum absolute atomic E-state index is 0.247. The molecule has 3 aromatic carbocycles. The van der Waals surface area contributed by atoms with Crippen LogP contribution in [-0.2, 0) is 0 Å². The number of phenols is 1. The minimum atomic E-state index is 0.247. The van der Waals surface area contributed by atoms with Crippen LogP contribution in [0.3, 0.4) is 0 Å². The van der Waals surface area contributed by atoms with Gasteiger partial charge in [0, 0.05) is 11.3 Å². The van der Waals surface area contributed by atoms with Gasteiger partial charge in [0.2, 0.25) is 0 Å². The van der Waals surface area contributed by atoms with Crippen molar-refractivity contribution in [2.45, 2.75) is 0 Å². The van der Waals surface area contributed by atoms with Crippen LogP contribution >= 0.6 is 22.6 Å². The summed E-state index contributed by atoms with van der Waals surface area (Å²) in [6, 6.07) is 17.8. The second-order valence-electron chi connectivity index (χ2n) is 4.39. The summed E-state index contributed by atoms with van der Waals surface area (Å²) in [5.41, 5.74) is 8.32. The van der Waals surface area contributed by atoms with E-state index >= 15 is 0 Å². The highest BCUT2D eigenvalue weighted by atomic mass is 127. The fraction of sp³-hybridized carbons (Fsp3) is 0. The number of phenolic OH excluding ortho intramolecular Hbond substituents is 1. The van der Waals surface area contributed by atoms with Crippen LogP contribution in [0.2, 0.25) is 0 Å². The van der Waals surface area contributed by atoms with Crippen LogP contribution in [0.5, 0.6) is 5.75 Å². The summed E-state index contributed by atoms with van der Waals surface area (Å²) in [5.74, 6) is 0.247. The second-order valence-corrected chi connectivity index (χ2v) is 5.55. The lowest BCUT2D eigenvalue weighted by atomic mass is 9.96. The monoisotopic (exact) mass is 361 g/mol. The van der Waals surface area contributed by atoms with Crippen molar-refractivity contribution >= 4 is 39.1 Å². The van der Waals surface area contributed by atoms with Gasteiger partial charge in [0.25, 0.3) is 0 Å². The van der Waals surface area contributed by atoms with E-state index in [0.29, 0.717) is 11.3 Å². The summed E-state index contributed by atoms with van der Waals surface area (Å²) in [4.78, 5) is 0. The molecule has 19 heavy (non-hydrogen) atoms. The Morgan fingerprint density at radius 3 is 2.47 bits per heavy atom. The highest BCUT2D eigenvalue weighted by Crippen LogP contribution is 2.40. The van der Waals surface area contributed by atoms with Crippen LogP contribution in [0.1, 0.15) is 0 Å². The Morgan fingerprint density at radius 2 is 1.63 bits per heavy atom. The lowest BCUT2D eigenvalue weighted by Crippen LogP contribution is -1.93. The molecule has 0 unspecified atom stereocenters. The van der Waals surface area contributed by atoms with E-state index in [2.05, 4.69) is 34.7 Å². The Morgan fingerprint density at radius 1 is 0.895 bits per heavy atom. The number of nitrogens with two attached hydrogens (primary N) is 1. The first-order chi connectivity index (χ1) is 9.18. The van der Waals surface area contributed by atoms with E-state index in [1.165, 1.54) is 0 Å². The minimum Gasteiger partial charge on any atom is -0.506 e. The van der Waals surface area contributed by atoms with Crippen LogP contribution in [0.25, 0.3) is 21.9 Å². The van der Waals surface area contributed by atoms with Gasteiger partial charge in [-0.05, 0) is 51.1 Å². The summed E-state index contributed by atoms with van der Waals surface area (Å²) in [5, 5.41) is 12.5. The zero-order valence-electron chi connectivity index (χ0n) is 10.1. The Balaban J connectivity index is 2.40. The van der Waals surface area contributed by atoms with Crippen molar-refractivity contribution in [2.24, 2.45) is 0 Å². The molecule has 3 N–H and O–H groups in total. The first kappa shape index (κ1) is 12.3. The van der Waals surface area contributed by atoms with E-state index in [4.69, 9.17) is 5.73 Å². The van der Waals surface area contributed by atoms with Gasteiger partial charge in [0.05, 0.1) is 3.57 Å². The highest BCUT2D eigenvalue weighted by molar-refractivity contribution is 14.1. The SMILES string of the molecule is Nc1ccc(I)c(O)c1-c1cccc2ccccc12. The molecule has 0 amide bonds. The third-order valence-corrected chi connectivity index (χ3v) is 4.09. The average molecular weight is 361 g/mol. The van der Waals surface area contributed by atoms with Crippen LogP contribution < -0.4 is 5.73 Å². The van der Waals surface area contributed by atoms with Crippen molar-refractivity contribution in [3.8, 4) is 16.9 Å². The third-order valence-electron chi connectivity index (χ3n) is 3.22. The van der Waals surface area contributed by atoms with Gasteiger partial charge in [-0.1, -0.05) is 42.5 Å². The summed E-state index contributed by atoms with van der Waals surface area (Å²) in [6.07, 6.45) is 0. The molecule has 3 heteroatoms. The van der Waals surface area contributed by atoms with E-state index in [1.54, 1.807) is 0 Å². The molecule has 2 nitrogen and oxygen atoms in total. The molecule has 0 fully saturated rings.